The minimum Gasteiger partial charge on any atom is -0.276 e. The van der Waals surface area contributed by atoms with Crippen molar-refractivity contribution in [2.45, 2.75) is 39.5 Å². The first-order valence-corrected chi connectivity index (χ1v) is 5.65. The van der Waals surface area contributed by atoms with Crippen LogP contribution in [0.2, 0.25) is 0 Å². The number of hydrogen-bond donors (Lipinski definition) is 0. The zero-order valence-corrected chi connectivity index (χ0v) is 10.4. The van der Waals surface area contributed by atoms with Crippen molar-refractivity contribution in [1.29, 1.82) is 0 Å². The topological polar surface area (TPSA) is 17.1 Å². The van der Waals surface area contributed by atoms with Gasteiger partial charge in [-0.2, -0.15) is 0 Å². The van der Waals surface area contributed by atoms with Crippen LogP contribution < -0.4 is 0 Å². The fourth-order valence-electron chi connectivity index (χ4n) is 1.78. The molecule has 0 spiro atoms. The predicted molar refractivity (Wildman–Crippen MR) is 64.8 cm³/mol. The summed E-state index contributed by atoms with van der Waals surface area (Å²) in [7, 11) is 0. The lowest BCUT2D eigenvalue weighted by atomic mass is 9.89. The van der Waals surface area contributed by atoms with E-state index in [1.54, 1.807) is 0 Å². The standard InChI is InChI=1S/C13H17ClO/c1-8(2)10-6-5-7-11(9(3)4)12(10)13(14)15/h5-9H,1-4H3. The molecule has 0 N–H and O–H groups in total. The van der Waals surface area contributed by atoms with Gasteiger partial charge in [-0.15, -0.1) is 0 Å². The molecule has 0 saturated heterocycles. The molecule has 0 aliphatic rings. The van der Waals surface area contributed by atoms with Crippen LogP contribution in [0.4, 0.5) is 0 Å². The maximum Gasteiger partial charge on any atom is 0.252 e. The van der Waals surface area contributed by atoms with Gasteiger partial charge in [0.25, 0.3) is 5.24 Å². The van der Waals surface area contributed by atoms with Gasteiger partial charge in [0.2, 0.25) is 0 Å². The van der Waals surface area contributed by atoms with Crippen molar-refractivity contribution in [2.24, 2.45) is 0 Å². The molecule has 1 rings (SSSR count). The quantitative estimate of drug-likeness (QED) is 0.700. The van der Waals surface area contributed by atoms with Gasteiger partial charge in [-0.3, -0.25) is 4.79 Å². The lowest BCUT2D eigenvalue weighted by molar-refractivity contribution is 0.107. The molecule has 0 aliphatic heterocycles. The van der Waals surface area contributed by atoms with Crippen LogP contribution in [0.25, 0.3) is 0 Å². The first-order valence-electron chi connectivity index (χ1n) is 5.27. The van der Waals surface area contributed by atoms with Crippen LogP contribution >= 0.6 is 11.6 Å². The molecule has 1 aromatic carbocycles. The molecule has 0 unspecified atom stereocenters. The predicted octanol–water partition coefficient (Wildman–Crippen LogP) is 4.31. The van der Waals surface area contributed by atoms with Gasteiger partial charge in [0.05, 0.1) is 0 Å². The number of carbonyl (C=O) groups excluding carboxylic acids is 1. The van der Waals surface area contributed by atoms with Gasteiger partial charge in [0, 0.05) is 5.56 Å². The first-order chi connectivity index (χ1) is 6.95. The van der Waals surface area contributed by atoms with E-state index in [0.717, 1.165) is 11.1 Å². The third-order valence-corrected chi connectivity index (χ3v) is 2.76. The van der Waals surface area contributed by atoms with E-state index in [0.29, 0.717) is 17.4 Å². The Hall–Kier alpha value is -0.820. The molecule has 1 aromatic rings. The van der Waals surface area contributed by atoms with E-state index in [4.69, 9.17) is 11.6 Å². The van der Waals surface area contributed by atoms with Crippen molar-refractivity contribution in [3.8, 4) is 0 Å². The van der Waals surface area contributed by atoms with Gasteiger partial charge in [-0.05, 0) is 34.6 Å². The molecule has 0 amide bonds. The molecule has 0 bridgehead atoms. The Bertz CT molecular complexity index is 341. The summed E-state index contributed by atoms with van der Waals surface area (Å²) in [6.07, 6.45) is 0. The summed E-state index contributed by atoms with van der Waals surface area (Å²) in [5, 5.41) is -0.344. The Balaban J connectivity index is 3.42. The lowest BCUT2D eigenvalue weighted by Gasteiger charge is -2.16. The highest BCUT2D eigenvalue weighted by atomic mass is 35.5. The summed E-state index contributed by atoms with van der Waals surface area (Å²) in [4.78, 5) is 11.5. The Labute approximate surface area is 96.5 Å². The normalized spacial score (nSPS) is 11.1. The van der Waals surface area contributed by atoms with Crippen LogP contribution in [0.3, 0.4) is 0 Å². The van der Waals surface area contributed by atoms with Crippen LogP contribution in [0, 0.1) is 0 Å². The van der Waals surface area contributed by atoms with Crippen molar-refractivity contribution in [2.75, 3.05) is 0 Å². The van der Waals surface area contributed by atoms with Crippen molar-refractivity contribution in [3.63, 3.8) is 0 Å². The van der Waals surface area contributed by atoms with E-state index in [2.05, 4.69) is 27.7 Å². The van der Waals surface area contributed by atoms with Crippen LogP contribution in [-0.4, -0.2) is 5.24 Å². The van der Waals surface area contributed by atoms with E-state index in [1.165, 1.54) is 0 Å². The second kappa shape index (κ2) is 4.80. The van der Waals surface area contributed by atoms with Crippen LogP contribution in [0.5, 0.6) is 0 Å². The van der Waals surface area contributed by atoms with Gasteiger partial charge in [-0.25, -0.2) is 0 Å². The minimum absolute atomic E-state index is 0.321. The smallest absolute Gasteiger partial charge is 0.252 e. The molecule has 0 aliphatic carbocycles. The van der Waals surface area contributed by atoms with Gasteiger partial charge >= 0.3 is 0 Å². The van der Waals surface area contributed by atoms with E-state index >= 15 is 0 Å². The fraction of sp³-hybridized carbons (Fsp3) is 0.462. The lowest BCUT2D eigenvalue weighted by Crippen LogP contribution is -2.06. The number of carbonyl (C=O) groups is 1. The Morgan fingerprint density at radius 3 is 1.73 bits per heavy atom. The largest absolute Gasteiger partial charge is 0.276 e. The summed E-state index contributed by atoms with van der Waals surface area (Å²) in [6.45, 7) is 8.29. The Morgan fingerprint density at radius 2 is 1.47 bits per heavy atom. The molecule has 0 saturated carbocycles. The Kier molecular flexibility index (Phi) is 3.92. The summed E-state index contributed by atoms with van der Waals surface area (Å²) in [5.41, 5.74) is 2.78. The van der Waals surface area contributed by atoms with Crippen molar-refractivity contribution < 1.29 is 4.79 Å². The number of hydrogen-bond acceptors (Lipinski definition) is 1. The first kappa shape index (κ1) is 12.3. The Morgan fingerprint density at radius 1 is 1.07 bits per heavy atom. The van der Waals surface area contributed by atoms with Gasteiger partial charge in [-0.1, -0.05) is 45.9 Å². The zero-order valence-electron chi connectivity index (χ0n) is 9.67. The monoisotopic (exact) mass is 224 g/mol. The maximum absolute atomic E-state index is 11.5. The summed E-state index contributed by atoms with van der Waals surface area (Å²) < 4.78 is 0. The molecule has 0 fully saturated rings. The van der Waals surface area contributed by atoms with Crippen LogP contribution in [-0.2, 0) is 0 Å². The molecule has 0 heterocycles. The van der Waals surface area contributed by atoms with Gasteiger partial charge in [0.15, 0.2) is 0 Å². The molecule has 0 atom stereocenters. The molecule has 0 aromatic heterocycles. The average Bonchev–Trinajstić information content (AvgIpc) is 2.16. The minimum atomic E-state index is -0.344. The fourth-order valence-corrected chi connectivity index (χ4v) is 2.00. The summed E-state index contributed by atoms with van der Waals surface area (Å²) in [6, 6.07) is 5.95. The van der Waals surface area contributed by atoms with Crippen molar-refractivity contribution >= 4 is 16.8 Å². The highest BCUT2D eigenvalue weighted by Gasteiger charge is 2.17. The molecule has 15 heavy (non-hydrogen) atoms. The molecule has 1 nitrogen and oxygen atoms in total. The van der Waals surface area contributed by atoms with Crippen molar-refractivity contribution in [1.82, 2.24) is 0 Å². The highest BCUT2D eigenvalue weighted by molar-refractivity contribution is 6.68. The molecule has 0 radical (unpaired) electrons. The molecule has 82 valence electrons. The number of rotatable bonds is 3. The SMILES string of the molecule is CC(C)c1cccc(C(C)C)c1C(=O)Cl. The maximum atomic E-state index is 11.5. The number of halogens is 1. The molecular weight excluding hydrogens is 208 g/mol. The number of benzene rings is 1. The average molecular weight is 225 g/mol. The van der Waals surface area contributed by atoms with Gasteiger partial charge in [0.1, 0.15) is 0 Å². The molecule has 2 heteroatoms. The van der Waals surface area contributed by atoms with Crippen LogP contribution in [0.15, 0.2) is 18.2 Å². The zero-order chi connectivity index (χ0) is 11.6. The van der Waals surface area contributed by atoms with E-state index in [-0.39, 0.29) is 5.24 Å². The highest BCUT2D eigenvalue weighted by Crippen LogP contribution is 2.28. The van der Waals surface area contributed by atoms with Crippen molar-refractivity contribution in [3.05, 3.63) is 34.9 Å². The van der Waals surface area contributed by atoms with Crippen LogP contribution in [0.1, 0.15) is 61.0 Å². The second-order valence-corrected chi connectivity index (χ2v) is 4.74. The molecular formula is C13H17ClO. The summed E-state index contributed by atoms with van der Waals surface area (Å²) >= 11 is 5.66. The second-order valence-electron chi connectivity index (χ2n) is 4.39. The van der Waals surface area contributed by atoms with E-state index in [1.807, 2.05) is 18.2 Å². The summed E-state index contributed by atoms with van der Waals surface area (Å²) in [5.74, 6) is 0.641. The third kappa shape index (κ3) is 2.60. The van der Waals surface area contributed by atoms with Gasteiger partial charge < -0.3 is 0 Å². The van der Waals surface area contributed by atoms with E-state index < -0.39 is 0 Å². The van der Waals surface area contributed by atoms with E-state index in [9.17, 15) is 4.79 Å². The third-order valence-electron chi connectivity index (χ3n) is 2.57.